The number of aryl methyl sites for hydroxylation is 1. The van der Waals surface area contributed by atoms with Crippen LogP contribution < -0.4 is 24.4 Å². The van der Waals surface area contributed by atoms with Crippen molar-refractivity contribution in [1.29, 1.82) is 0 Å². The highest BCUT2D eigenvalue weighted by atomic mass is 32.1. The quantitative estimate of drug-likeness (QED) is 0.509. The second-order valence-corrected chi connectivity index (χ2v) is 8.78. The van der Waals surface area contributed by atoms with Crippen LogP contribution in [0.2, 0.25) is 0 Å². The molecule has 0 amide bonds. The van der Waals surface area contributed by atoms with Crippen molar-refractivity contribution in [1.82, 2.24) is 4.57 Å². The number of esters is 1. The average molecular weight is 479 g/mol. The van der Waals surface area contributed by atoms with Gasteiger partial charge in [-0.05, 0) is 50.1 Å². The van der Waals surface area contributed by atoms with Crippen molar-refractivity contribution in [3.05, 3.63) is 90.1 Å². The molecule has 4 rings (SSSR count). The normalized spacial score (nSPS) is 15.6. The summed E-state index contributed by atoms with van der Waals surface area (Å²) in [6, 6.07) is 12.4. The summed E-state index contributed by atoms with van der Waals surface area (Å²) >= 11 is 1.28. The Kier molecular flexibility index (Phi) is 6.70. The first-order chi connectivity index (χ1) is 16.4. The lowest BCUT2D eigenvalue weighted by Crippen LogP contribution is -2.40. The van der Waals surface area contributed by atoms with Gasteiger partial charge in [-0.3, -0.25) is 9.36 Å². The first-order valence-electron chi connectivity index (χ1n) is 10.9. The van der Waals surface area contributed by atoms with Gasteiger partial charge < -0.3 is 14.2 Å². The van der Waals surface area contributed by atoms with Gasteiger partial charge in [0.05, 0.1) is 36.6 Å². The number of carbonyl (C=O) groups excluding carboxylic acids is 1. The summed E-state index contributed by atoms with van der Waals surface area (Å²) in [6.07, 6.45) is 1.81. The molecule has 0 aliphatic carbocycles. The zero-order valence-corrected chi connectivity index (χ0v) is 20.6. The van der Waals surface area contributed by atoms with E-state index in [9.17, 15) is 9.59 Å². The Morgan fingerprint density at radius 2 is 1.85 bits per heavy atom. The van der Waals surface area contributed by atoms with Gasteiger partial charge in [-0.15, -0.1) is 0 Å². The molecule has 2 heterocycles. The smallest absolute Gasteiger partial charge is 0.338 e. The Bertz CT molecular complexity index is 1470. The molecule has 0 fully saturated rings. The van der Waals surface area contributed by atoms with Crippen LogP contribution in [0.5, 0.6) is 11.5 Å². The predicted octanol–water partition coefficient (Wildman–Crippen LogP) is 3.12. The van der Waals surface area contributed by atoms with E-state index in [2.05, 4.69) is 4.99 Å². The van der Waals surface area contributed by atoms with Gasteiger partial charge in [0.15, 0.2) is 4.80 Å². The number of methoxy groups -OCH3 is 2. The Hall–Kier alpha value is -3.65. The topological polar surface area (TPSA) is 79.1 Å². The molecule has 0 saturated heterocycles. The van der Waals surface area contributed by atoms with E-state index < -0.39 is 12.0 Å². The summed E-state index contributed by atoms with van der Waals surface area (Å²) in [6.45, 7) is 5.69. The maximum atomic E-state index is 13.7. The molecule has 176 valence electrons. The molecule has 2 aromatic carbocycles. The van der Waals surface area contributed by atoms with Crippen LogP contribution in [0.15, 0.2) is 63.5 Å². The molecule has 34 heavy (non-hydrogen) atoms. The number of para-hydroxylation sites is 1. The monoisotopic (exact) mass is 478 g/mol. The number of ether oxygens (including phenoxy) is 3. The summed E-state index contributed by atoms with van der Waals surface area (Å²) in [7, 11) is 3.18. The van der Waals surface area contributed by atoms with Crippen molar-refractivity contribution in [2.24, 2.45) is 4.99 Å². The van der Waals surface area contributed by atoms with Crippen molar-refractivity contribution in [3.63, 3.8) is 0 Å². The number of carbonyl (C=O) groups is 1. The van der Waals surface area contributed by atoms with Crippen LogP contribution in [0.3, 0.4) is 0 Å². The zero-order valence-electron chi connectivity index (χ0n) is 19.7. The zero-order chi connectivity index (χ0) is 24.4. The molecule has 0 saturated carbocycles. The highest BCUT2D eigenvalue weighted by Crippen LogP contribution is 2.35. The molecule has 3 aromatic rings. The van der Waals surface area contributed by atoms with Crippen LogP contribution in [-0.2, 0) is 9.53 Å². The average Bonchev–Trinajstić information content (AvgIpc) is 3.13. The number of allylic oxidation sites excluding steroid dienone is 1. The SMILES string of the molecule is CCOC(=O)C1=C(C)N=c2s/c(=C\c3ccc(C)c(OC)c3)c(=O)n2[C@@H]1c1ccccc1OC. The minimum absolute atomic E-state index is 0.216. The summed E-state index contributed by atoms with van der Waals surface area (Å²) < 4.78 is 18.4. The van der Waals surface area contributed by atoms with Gasteiger partial charge in [-0.25, -0.2) is 9.79 Å². The standard InChI is InChI=1S/C26H26N2O5S/c1-6-33-25(30)22-16(3)27-26-28(23(22)18-9-7-8-10-19(18)31-4)24(29)21(34-26)14-17-12-11-15(2)20(13-17)32-5/h7-14,23H,6H2,1-5H3/b21-14-/t23-/m1/s1. The Morgan fingerprint density at radius 1 is 1.12 bits per heavy atom. The summed E-state index contributed by atoms with van der Waals surface area (Å²) in [5.74, 6) is 0.813. The fourth-order valence-electron chi connectivity index (χ4n) is 4.06. The number of rotatable bonds is 6. The molecule has 8 heteroatoms. The van der Waals surface area contributed by atoms with Crippen molar-refractivity contribution in [2.75, 3.05) is 20.8 Å². The highest BCUT2D eigenvalue weighted by Gasteiger charge is 2.34. The predicted molar refractivity (Wildman–Crippen MR) is 131 cm³/mol. The van der Waals surface area contributed by atoms with Gasteiger partial charge in [0.25, 0.3) is 5.56 Å². The number of hydrogen-bond acceptors (Lipinski definition) is 7. The van der Waals surface area contributed by atoms with E-state index in [1.165, 1.54) is 11.3 Å². The van der Waals surface area contributed by atoms with Gasteiger partial charge in [-0.2, -0.15) is 0 Å². The fraction of sp³-hybridized carbons (Fsp3) is 0.269. The third kappa shape index (κ3) is 4.17. The molecule has 1 aliphatic heterocycles. The third-order valence-corrected chi connectivity index (χ3v) is 6.66. The van der Waals surface area contributed by atoms with E-state index in [0.717, 1.165) is 16.9 Å². The number of benzene rings is 2. The number of thiazole rings is 1. The molecule has 0 unspecified atom stereocenters. The van der Waals surface area contributed by atoms with Gasteiger partial charge in [-0.1, -0.05) is 41.7 Å². The molecule has 1 atom stereocenters. The van der Waals surface area contributed by atoms with E-state index in [1.54, 1.807) is 32.6 Å². The first kappa shape index (κ1) is 23.5. The van der Waals surface area contributed by atoms with Crippen molar-refractivity contribution < 1.29 is 19.0 Å². The van der Waals surface area contributed by atoms with Crippen LogP contribution in [0.1, 0.15) is 36.6 Å². The summed E-state index contributed by atoms with van der Waals surface area (Å²) in [5.41, 5.74) is 3.12. The molecule has 0 bridgehead atoms. The van der Waals surface area contributed by atoms with Crippen molar-refractivity contribution in [3.8, 4) is 11.5 Å². The Labute approximate surface area is 201 Å². The van der Waals surface area contributed by atoms with Crippen LogP contribution in [0.4, 0.5) is 0 Å². The molecule has 1 aromatic heterocycles. The summed E-state index contributed by atoms with van der Waals surface area (Å²) in [4.78, 5) is 31.8. The molecular weight excluding hydrogens is 452 g/mol. The largest absolute Gasteiger partial charge is 0.496 e. The van der Waals surface area contributed by atoms with Gasteiger partial charge in [0.1, 0.15) is 17.5 Å². The minimum atomic E-state index is -0.721. The number of nitrogens with zero attached hydrogens (tertiary/aromatic N) is 2. The minimum Gasteiger partial charge on any atom is -0.496 e. The van der Waals surface area contributed by atoms with Crippen LogP contribution in [0.25, 0.3) is 6.08 Å². The molecule has 0 radical (unpaired) electrons. The molecule has 1 aliphatic rings. The van der Waals surface area contributed by atoms with Gasteiger partial charge >= 0.3 is 5.97 Å². The van der Waals surface area contributed by atoms with Crippen molar-refractivity contribution in [2.45, 2.75) is 26.8 Å². The lowest BCUT2D eigenvalue weighted by molar-refractivity contribution is -0.139. The summed E-state index contributed by atoms with van der Waals surface area (Å²) in [5, 5.41) is 0. The number of fused-ring (bicyclic) bond motifs is 1. The van der Waals surface area contributed by atoms with E-state index in [0.29, 0.717) is 31.9 Å². The maximum absolute atomic E-state index is 13.7. The lowest BCUT2D eigenvalue weighted by atomic mass is 9.95. The van der Waals surface area contributed by atoms with E-state index >= 15 is 0 Å². The molecule has 0 spiro atoms. The molecule has 7 nitrogen and oxygen atoms in total. The Balaban J connectivity index is 1.97. The van der Waals surface area contributed by atoms with E-state index in [-0.39, 0.29) is 12.2 Å². The molecular formula is C26H26N2O5S. The van der Waals surface area contributed by atoms with Crippen LogP contribution in [0, 0.1) is 6.92 Å². The Morgan fingerprint density at radius 3 is 2.56 bits per heavy atom. The first-order valence-corrected chi connectivity index (χ1v) is 11.7. The van der Waals surface area contributed by atoms with Crippen LogP contribution in [-0.4, -0.2) is 31.4 Å². The third-order valence-electron chi connectivity index (χ3n) is 5.68. The number of hydrogen-bond donors (Lipinski definition) is 0. The van der Waals surface area contributed by atoms with Crippen molar-refractivity contribution >= 4 is 23.4 Å². The fourth-order valence-corrected chi connectivity index (χ4v) is 5.10. The highest BCUT2D eigenvalue weighted by molar-refractivity contribution is 7.07. The van der Waals surface area contributed by atoms with E-state index in [4.69, 9.17) is 14.2 Å². The van der Waals surface area contributed by atoms with E-state index in [1.807, 2.05) is 55.5 Å². The van der Waals surface area contributed by atoms with Gasteiger partial charge in [0, 0.05) is 5.56 Å². The maximum Gasteiger partial charge on any atom is 0.338 e. The molecule has 0 N–H and O–H groups in total. The lowest BCUT2D eigenvalue weighted by Gasteiger charge is -2.25. The van der Waals surface area contributed by atoms with Crippen LogP contribution >= 0.6 is 11.3 Å². The second kappa shape index (κ2) is 9.69. The van der Waals surface area contributed by atoms with Gasteiger partial charge in [0.2, 0.25) is 0 Å². The second-order valence-electron chi connectivity index (χ2n) is 7.77. The number of aromatic nitrogens is 1.